The number of hydrogen-bond acceptors (Lipinski definition) is 7. The molecule has 0 saturated heterocycles. The lowest BCUT2D eigenvalue weighted by atomic mass is 10.2. The number of aliphatic hydroxyl groups excluding tert-OH is 1. The molecule has 0 radical (unpaired) electrons. The largest absolute Gasteiger partial charge is 0.479 e. The number of nitrogens with zero attached hydrogens (tertiary/aromatic N) is 2. The number of carbonyl (C=O) groups is 2. The topological polar surface area (TPSA) is 148 Å². The number of primary amides is 1. The first-order valence-electron chi connectivity index (χ1n) is 9.00. The molecule has 0 aliphatic carbocycles. The number of amides is 1. The van der Waals surface area contributed by atoms with E-state index in [1.807, 2.05) is 31.2 Å². The van der Waals surface area contributed by atoms with Gasteiger partial charge in [0.05, 0.1) is 6.54 Å². The Morgan fingerprint density at radius 3 is 2.23 bits per heavy atom. The number of carbonyl (C=O) groups excluding carboxylic acids is 1. The summed E-state index contributed by atoms with van der Waals surface area (Å²) in [5.41, 5.74) is 7.01. The smallest absolute Gasteiger partial charge is 0.334 e. The van der Waals surface area contributed by atoms with Gasteiger partial charge in [-0.2, -0.15) is 0 Å². The molecule has 0 saturated carbocycles. The lowest BCUT2D eigenvalue weighted by molar-refractivity contribution is -0.145. The number of carboxylic acid groups (broad SMARTS) is 1. The van der Waals surface area contributed by atoms with E-state index in [9.17, 15) is 14.7 Å². The Morgan fingerprint density at radius 2 is 1.67 bits per heavy atom. The molecule has 1 heterocycles. The van der Waals surface area contributed by atoms with Crippen molar-refractivity contribution in [3.63, 3.8) is 0 Å². The van der Waals surface area contributed by atoms with Crippen LogP contribution in [0, 0.1) is 6.92 Å². The summed E-state index contributed by atoms with van der Waals surface area (Å²) in [6, 6.07) is 15.8. The van der Waals surface area contributed by atoms with E-state index in [0.29, 0.717) is 17.1 Å². The van der Waals surface area contributed by atoms with Crippen molar-refractivity contribution < 1.29 is 24.5 Å². The number of aliphatic hydroxyl groups is 1. The van der Waals surface area contributed by atoms with Gasteiger partial charge in [-0.1, -0.05) is 17.7 Å². The van der Waals surface area contributed by atoms with E-state index in [-0.39, 0.29) is 23.9 Å². The predicted octanol–water partition coefficient (Wildman–Crippen LogP) is 2.20. The Morgan fingerprint density at radius 1 is 1.07 bits per heavy atom. The molecule has 154 valence electrons. The Balaban J connectivity index is 1.81. The monoisotopic (exact) mass is 408 g/mol. The van der Waals surface area contributed by atoms with Crippen LogP contribution in [0.4, 0.5) is 5.82 Å². The molecule has 0 aliphatic rings. The quantitative estimate of drug-likeness (QED) is 0.443. The van der Waals surface area contributed by atoms with Crippen LogP contribution < -0.4 is 15.8 Å². The molecule has 0 aliphatic heterocycles. The van der Waals surface area contributed by atoms with Crippen LogP contribution in [0.1, 0.15) is 16.1 Å². The summed E-state index contributed by atoms with van der Waals surface area (Å²) >= 11 is 0. The molecular formula is C21H20N4O5. The van der Waals surface area contributed by atoms with Crippen LogP contribution in [0.25, 0.3) is 11.4 Å². The van der Waals surface area contributed by atoms with Crippen LogP contribution in [0.2, 0.25) is 0 Å². The number of benzene rings is 2. The zero-order valence-electron chi connectivity index (χ0n) is 16.1. The van der Waals surface area contributed by atoms with Crippen LogP contribution in [0.5, 0.6) is 11.5 Å². The minimum atomic E-state index is -1.63. The van der Waals surface area contributed by atoms with Crippen LogP contribution in [-0.4, -0.2) is 44.7 Å². The van der Waals surface area contributed by atoms with Gasteiger partial charge in [-0.05, 0) is 43.3 Å². The molecule has 5 N–H and O–H groups in total. The molecule has 1 amide bonds. The average molecular weight is 408 g/mol. The van der Waals surface area contributed by atoms with E-state index in [4.69, 9.17) is 15.6 Å². The fourth-order valence-electron chi connectivity index (χ4n) is 2.50. The number of aliphatic carboxylic acids is 1. The summed E-state index contributed by atoms with van der Waals surface area (Å²) in [6.45, 7) is 1.69. The Labute approximate surface area is 172 Å². The maximum Gasteiger partial charge on any atom is 0.334 e. The molecule has 0 fully saturated rings. The fraction of sp³-hybridized carbons (Fsp3) is 0.143. The molecule has 0 spiro atoms. The lowest BCUT2D eigenvalue weighted by Crippen LogP contribution is -2.28. The van der Waals surface area contributed by atoms with Crippen molar-refractivity contribution in [3.05, 3.63) is 65.9 Å². The summed E-state index contributed by atoms with van der Waals surface area (Å²) in [5, 5.41) is 20.8. The number of aromatic nitrogens is 2. The number of aryl methyl sites for hydroxylation is 1. The average Bonchev–Trinajstić information content (AvgIpc) is 2.74. The highest BCUT2D eigenvalue weighted by atomic mass is 16.5. The van der Waals surface area contributed by atoms with Gasteiger partial charge in [-0.15, -0.1) is 0 Å². The van der Waals surface area contributed by atoms with Crippen LogP contribution in [0.15, 0.2) is 54.6 Å². The van der Waals surface area contributed by atoms with Crippen LogP contribution in [0.3, 0.4) is 0 Å². The van der Waals surface area contributed by atoms with Crippen molar-refractivity contribution in [3.8, 4) is 22.9 Å². The van der Waals surface area contributed by atoms with Gasteiger partial charge in [-0.25, -0.2) is 14.8 Å². The van der Waals surface area contributed by atoms with E-state index in [0.717, 1.165) is 5.56 Å². The standard InChI is InChI=1S/C21H20N4O5/c1-12-2-6-14(7-3-12)30-15-8-4-13(5-9-15)20-24-16(19(22)27)10-18(25-20)23-11-17(26)21(28)29/h2-10,17,26H,11H2,1H3,(H2,22,27)(H,28,29)(H,23,24,25). The minimum absolute atomic E-state index is 0.0488. The zero-order valence-corrected chi connectivity index (χ0v) is 16.1. The highest BCUT2D eigenvalue weighted by Gasteiger charge is 2.15. The van der Waals surface area contributed by atoms with Crippen LogP contribution >= 0.6 is 0 Å². The summed E-state index contributed by atoms with van der Waals surface area (Å²) in [7, 11) is 0. The first-order valence-corrected chi connectivity index (χ1v) is 9.00. The molecule has 1 aromatic heterocycles. The minimum Gasteiger partial charge on any atom is -0.479 e. The van der Waals surface area contributed by atoms with Crippen molar-refractivity contribution in [2.75, 3.05) is 11.9 Å². The van der Waals surface area contributed by atoms with Crippen LogP contribution in [-0.2, 0) is 4.79 Å². The molecular weight excluding hydrogens is 388 g/mol. The number of carboxylic acids is 1. The zero-order chi connectivity index (χ0) is 21.7. The molecule has 3 aromatic rings. The third-order valence-electron chi connectivity index (χ3n) is 4.11. The van der Waals surface area contributed by atoms with Gasteiger partial charge in [0.15, 0.2) is 11.9 Å². The third-order valence-corrected chi connectivity index (χ3v) is 4.11. The van der Waals surface area contributed by atoms with E-state index in [1.54, 1.807) is 24.3 Å². The van der Waals surface area contributed by atoms with Gasteiger partial charge in [0.2, 0.25) is 0 Å². The Hall–Kier alpha value is -3.98. The molecule has 3 rings (SSSR count). The number of anilines is 1. The summed E-state index contributed by atoms with van der Waals surface area (Å²) < 4.78 is 5.79. The second kappa shape index (κ2) is 9.01. The van der Waals surface area contributed by atoms with E-state index < -0.39 is 18.0 Å². The van der Waals surface area contributed by atoms with Crippen molar-refractivity contribution in [2.45, 2.75) is 13.0 Å². The summed E-state index contributed by atoms with van der Waals surface area (Å²) in [6.07, 6.45) is -1.63. The summed E-state index contributed by atoms with van der Waals surface area (Å²) in [4.78, 5) is 30.8. The van der Waals surface area contributed by atoms with Crippen molar-refractivity contribution in [1.29, 1.82) is 0 Å². The predicted molar refractivity (Wildman–Crippen MR) is 109 cm³/mol. The molecule has 30 heavy (non-hydrogen) atoms. The fourth-order valence-corrected chi connectivity index (χ4v) is 2.50. The number of hydrogen-bond donors (Lipinski definition) is 4. The number of nitrogens with one attached hydrogen (secondary N) is 1. The van der Waals surface area contributed by atoms with Gasteiger partial charge >= 0.3 is 5.97 Å². The third kappa shape index (κ3) is 5.30. The Bertz CT molecular complexity index is 1050. The van der Waals surface area contributed by atoms with Gasteiger partial charge in [0.1, 0.15) is 23.0 Å². The first kappa shape index (κ1) is 20.7. The highest BCUT2D eigenvalue weighted by Crippen LogP contribution is 2.25. The van der Waals surface area contributed by atoms with E-state index >= 15 is 0 Å². The number of nitrogens with two attached hydrogens (primary N) is 1. The molecule has 1 atom stereocenters. The van der Waals surface area contributed by atoms with E-state index in [2.05, 4.69) is 15.3 Å². The molecule has 9 heteroatoms. The molecule has 0 bridgehead atoms. The molecule has 9 nitrogen and oxygen atoms in total. The number of ether oxygens (including phenoxy) is 1. The van der Waals surface area contributed by atoms with Gasteiger partial charge in [0.25, 0.3) is 5.91 Å². The lowest BCUT2D eigenvalue weighted by Gasteiger charge is -2.11. The van der Waals surface area contributed by atoms with Gasteiger partial charge in [-0.3, -0.25) is 4.79 Å². The normalized spacial score (nSPS) is 11.5. The Kier molecular flexibility index (Phi) is 6.23. The maximum absolute atomic E-state index is 11.6. The van der Waals surface area contributed by atoms with Crippen molar-refractivity contribution in [1.82, 2.24) is 9.97 Å². The molecule has 1 unspecified atom stereocenters. The second-order valence-corrected chi connectivity index (χ2v) is 6.50. The maximum atomic E-state index is 11.6. The highest BCUT2D eigenvalue weighted by molar-refractivity contribution is 5.92. The van der Waals surface area contributed by atoms with Crippen molar-refractivity contribution >= 4 is 17.7 Å². The summed E-state index contributed by atoms with van der Waals surface area (Å²) in [5.74, 6) is -0.467. The van der Waals surface area contributed by atoms with Gasteiger partial charge in [0, 0.05) is 11.6 Å². The SMILES string of the molecule is Cc1ccc(Oc2ccc(-c3nc(NCC(O)C(=O)O)cc(C(N)=O)n3)cc2)cc1. The van der Waals surface area contributed by atoms with Gasteiger partial charge < -0.3 is 26.0 Å². The van der Waals surface area contributed by atoms with Crippen molar-refractivity contribution in [2.24, 2.45) is 5.73 Å². The first-order chi connectivity index (χ1) is 14.3. The second-order valence-electron chi connectivity index (χ2n) is 6.50. The number of rotatable bonds is 8. The molecule has 2 aromatic carbocycles. The van der Waals surface area contributed by atoms with E-state index in [1.165, 1.54) is 6.07 Å².